The van der Waals surface area contributed by atoms with Gasteiger partial charge in [-0.25, -0.2) is 4.79 Å². The molecule has 0 saturated carbocycles. The molecule has 4 heteroatoms. The van der Waals surface area contributed by atoms with E-state index in [4.69, 9.17) is 4.74 Å². The molecule has 0 aliphatic carbocycles. The SMILES string of the molecule is CC(C)c1ccccc1OCCNC(=O)N(C)Cc1ccccc1. The molecule has 0 spiro atoms. The van der Waals surface area contributed by atoms with Crippen LogP contribution in [-0.2, 0) is 6.54 Å². The van der Waals surface area contributed by atoms with Crippen molar-refractivity contribution in [3.05, 3.63) is 65.7 Å². The number of urea groups is 1. The predicted octanol–water partition coefficient (Wildman–Crippen LogP) is 4.03. The molecule has 0 radical (unpaired) electrons. The van der Waals surface area contributed by atoms with Gasteiger partial charge in [0, 0.05) is 13.6 Å². The topological polar surface area (TPSA) is 41.6 Å². The van der Waals surface area contributed by atoms with Gasteiger partial charge in [-0.15, -0.1) is 0 Å². The summed E-state index contributed by atoms with van der Waals surface area (Å²) in [6.45, 7) is 5.80. The first kappa shape index (κ1) is 17.9. The Morgan fingerprint density at radius 1 is 1.08 bits per heavy atom. The van der Waals surface area contributed by atoms with Crippen LogP contribution in [0.15, 0.2) is 54.6 Å². The van der Waals surface area contributed by atoms with Gasteiger partial charge in [0.2, 0.25) is 0 Å². The maximum atomic E-state index is 12.1. The van der Waals surface area contributed by atoms with Crippen molar-refractivity contribution in [3.8, 4) is 5.75 Å². The Balaban J connectivity index is 1.75. The number of ether oxygens (including phenoxy) is 1. The summed E-state index contributed by atoms with van der Waals surface area (Å²) in [6, 6.07) is 17.9. The number of hydrogen-bond acceptors (Lipinski definition) is 2. The minimum atomic E-state index is -0.0976. The fourth-order valence-corrected chi connectivity index (χ4v) is 2.47. The smallest absolute Gasteiger partial charge is 0.317 e. The third-order valence-corrected chi connectivity index (χ3v) is 3.79. The maximum Gasteiger partial charge on any atom is 0.317 e. The number of amides is 2. The molecule has 0 saturated heterocycles. The second-order valence-corrected chi connectivity index (χ2v) is 6.11. The highest BCUT2D eigenvalue weighted by molar-refractivity contribution is 5.73. The number of rotatable bonds is 7. The quantitative estimate of drug-likeness (QED) is 0.781. The van der Waals surface area contributed by atoms with Crippen LogP contribution in [0.2, 0.25) is 0 Å². The summed E-state index contributed by atoms with van der Waals surface area (Å²) in [5.41, 5.74) is 2.29. The Hall–Kier alpha value is -2.49. The van der Waals surface area contributed by atoms with Crippen molar-refractivity contribution in [3.63, 3.8) is 0 Å². The molecular formula is C20H26N2O2. The maximum absolute atomic E-state index is 12.1. The first-order chi connectivity index (χ1) is 11.6. The number of benzene rings is 2. The van der Waals surface area contributed by atoms with Gasteiger partial charge in [-0.3, -0.25) is 0 Å². The van der Waals surface area contributed by atoms with E-state index in [1.807, 2.05) is 48.5 Å². The lowest BCUT2D eigenvalue weighted by Crippen LogP contribution is -2.38. The van der Waals surface area contributed by atoms with E-state index in [2.05, 4.69) is 25.2 Å². The number of carbonyl (C=O) groups excluding carboxylic acids is 1. The van der Waals surface area contributed by atoms with E-state index in [0.717, 1.165) is 11.3 Å². The number of carbonyl (C=O) groups is 1. The Kier molecular flexibility index (Phi) is 6.67. The summed E-state index contributed by atoms with van der Waals surface area (Å²) in [7, 11) is 1.79. The van der Waals surface area contributed by atoms with Gasteiger partial charge in [-0.05, 0) is 23.1 Å². The number of nitrogens with one attached hydrogen (secondary N) is 1. The van der Waals surface area contributed by atoms with Gasteiger partial charge in [-0.2, -0.15) is 0 Å². The molecular weight excluding hydrogens is 300 g/mol. The Morgan fingerprint density at radius 2 is 1.75 bits per heavy atom. The second kappa shape index (κ2) is 8.96. The predicted molar refractivity (Wildman–Crippen MR) is 97.3 cm³/mol. The number of nitrogens with zero attached hydrogens (tertiary/aromatic N) is 1. The zero-order valence-corrected chi connectivity index (χ0v) is 14.7. The number of para-hydroxylation sites is 1. The van der Waals surface area contributed by atoms with Crippen LogP contribution in [-0.4, -0.2) is 31.1 Å². The van der Waals surface area contributed by atoms with Crippen LogP contribution in [0.4, 0.5) is 4.79 Å². The van der Waals surface area contributed by atoms with Crippen LogP contribution in [0.5, 0.6) is 5.75 Å². The van der Waals surface area contributed by atoms with Crippen LogP contribution in [0.3, 0.4) is 0 Å². The Bertz CT molecular complexity index is 641. The molecule has 0 atom stereocenters. The summed E-state index contributed by atoms with van der Waals surface area (Å²) in [4.78, 5) is 13.8. The lowest BCUT2D eigenvalue weighted by Gasteiger charge is -2.18. The molecule has 2 amide bonds. The van der Waals surface area contributed by atoms with E-state index in [1.54, 1.807) is 11.9 Å². The minimum Gasteiger partial charge on any atom is -0.491 e. The highest BCUT2D eigenvalue weighted by atomic mass is 16.5. The van der Waals surface area contributed by atoms with Gasteiger partial charge in [0.15, 0.2) is 0 Å². The molecule has 4 nitrogen and oxygen atoms in total. The van der Waals surface area contributed by atoms with Crippen molar-refractivity contribution < 1.29 is 9.53 Å². The first-order valence-electron chi connectivity index (χ1n) is 8.32. The van der Waals surface area contributed by atoms with Crippen LogP contribution in [0.25, 0.3) is 0 Å². The summed E-state index contributed by atoms with van der Waals surface area (Å²) < 4.78 is 5.81. The largest absolute Gasteiger partial charge is 0.491 e. The molecule has 24 heavy (non-hydrogen) atoms. The van der Waals surface area contributed by atoms with Gasteiger partial charge in [0.25, 0.3) is 0 Å². The van der Waals surface area contributed by atoms with Crippen molar-refractivity contribution in [2.75, 3.05) is 20.2 Å². The summed E-state index contributed by atoms with van der Waals surface area (Å²) in [5.74, 6) is 1.30. The van der Waals surface area contributed by atoms with Crippen LogP contribution in [0, 0.1) is 0 Å². The molecule has 0 aromatic heterocycles. The average Bonchev–Trinajstić information content (AvgIpc) is 2.59. The van der Waals surface area contributed by atoms with Crippen molar-refractivity contribution in [1.29, 1.82) is 0 Å². The summed E-state index contributed by atoms with van der Waals surface area (Å²) in [6.07, 6.45) is 0. The first-order valence-corrected chi connectivity index (χ1v) is 8.32. The lowest BCUT2D eigenvalue weighted by atomic mass is 10.0. The molecule has 1 N–H and O–H groups in total. The van der Waals surface area contributed by atoms with Crippen LogP contribution < -0.4 is 10.1 Å². The fraction of sp³-hybridized carbons (Fsp3) is 0.350. The van der Waals surface area contributed by atoms with Crippen molar-refractivity contribution >= 4 is 6.03 Å². The van der Waals surface area contributed by atoms with E-state index in [-0.39, 0.29) is 6.03 Å². The molecule has 0 aliphatic heterocycles. The standard InChI is InChI=1S/C20H26N2O2/c1-16(2)18-11-7-8-12-19(18)24-14-13-21-20(23)22(3)15-17-9-5-4-6-10-17/h4-12,16H,13-15H2,1-3H3,(H,21,23). The molecule has 2 aromatic carbocycles. The molecule has 0 aliphatic rings. The van der Waals surface area contributed by atoms with Gasteiger partial charge in [-0.1, -0.05) is 62.4 Å². The van der Waals surface area contributed by atoms with Crippen molar-refractivity contribution in [2.45, 2.75) is 26.3 Å². The molecule has 0 bridgehead atoms. The third kappa shape index (κ3) is 5.30. The Labute approximate surface area is 144 Å². The van der Waals surface area contributed by atoms with Gasteiger partial charge < -0.3 is 15.0 Å². The lowest BCUT2D eigenvalue weighted by molar-refractivity contribution is 0.203. The minimum absolute atomic E-state index is 0.0976. The molecule has 0 heterocycles. The molecule has 0 fully saturated rings. The third-order valence-electron chi connectivity index (χ3n) is 3.79. The molecule has 2 aromatic rings. The van der Waals surface area contributed by atoms with Gasteiger partial charge in [0.1, 0.15) is 12.4 Å². The van der Waals surface area contributed by atoms with Gasteiger partial charge in [0.05, 0.1) is 6.54 Å². The van der Waals surface area contributed by atoms with E-state index in [1.165, 1.54) is 5.56 Å². The van der Waals surface area contributed by atoms with E-state index in [0.29, 0.717) is 25.6 Å². The van der Waals surface area contributed by atoms with Crippen LogP contribution in [0.1, 0.15) is 30.9 Å². The van der Waals surface area contributed by atoms with Gasteiger partial charge >= 0.3 is 6.03 Å². The molecule has 0 unspecified atom stereocenters. The van der Waals surface area contributed by atoms with Crippen LogP contribution >= 0.6 is 0 Å². The fourth-order valence-electron chi connectivity index (χ4n) is 2.47. The summed E-state index contributed by atoms with van der Waals surface area (Å²) >= 11 is 0. The average molecular weight is 326 g/mol. The van der Waals surface area contributed by atoms with Crippen molar-refractivity contribution in [2.24, 2.45) is 0 Å². The highest BCUT2D eigenvalue weighted by Crippen LogP contribution is 2.25. The van der Waals surface area contributed by atoms with E-state index < -0.39 is 0 Å². The second-order valence-electron chi connectivity index (χ2n) is 6.11. The Morgan fingerprint density at radius 3 is 2.46 bits per heavy atom. The summed E-state index contributed by atoms with van der Waals surface area (Å²) in [5, 5.41) is 2.88. The normalized spacial score (nSPS) is 10.5. The monoisotopic (exact) mass is 326 g/mol. The zero-order valence-electron chi connectivity index (χ0n) is 14.7. The number of hydrogen-bond donors (Lipinski definition) is 1. The zero-order chi connectivity index (χ0) is 17.4. The molecule has 128 valence electrons. The van der Waals surface area contributed by atoms with E-state index >= 15 is 0 Å². The van der Waals surface area contributed by atoms with E-state index in [9.17, 15) is 4.79 Å². The van der Waals surface area contributed by atoms with Crippen molar-refractivity contribution in [1.82, 2.24) is 10.2 Å². The highest BCUT2D eigenvalue weighted by Gasteiger charge is 2.09. The molecule has 2 rings (SSSR count).